The van der Waals surface area contributed by atoms with Crippen molar-refractivity contribution in [3.8, 4) is 61.3 Å². The average Bonchev–Trinajstić information content (AvgIpc) is 3.54. The summed E-state index contributed by atoms with van der Waals surface area (Å²) in [6, 6.07) is 76.9. The minimum Gasteiger partial charge on any atom is -0.340 e. The molecule has 0 saturated heterocycles. The number of aromatic nitrogens is 2. The number of rotatable bonds is 26. The van der Waals surface area contributed by atoms with Crippen LogP contribution in [0.25, 0.3) is 105 Å². The highest BCUT2D eigenvalue weighted by Gasteiger charge is 2.42. The molecular weight excluding hydrogens is 977 g/mol. The Kier molecular flexibility index (Phi) is 16.8. The summed E-state index contributed by atoms with van der Waals surface area (Å²) in [5.74, 6) is 0. The zero-order valence-electron chi connectivity index (χ0n) is 48.8. The van der Waals surface area contributed by atoms with Crippen LogP contribution < -0.4 is 0 Å². The smallest absolute Gasteiger partial charge is 0.0541 e. The van der Waals surface area contributed by atoms with E-state index in [1.165, 1.54) is 233 Å². The molecule has 0 bridgehead atoms. The van der Waals surface area contributed by atoms with Gasteiger partial charge in [-0.15, -0.1) is 0 Å². The highest BCUT2D eigenvalue weighted by molar-refractivity contribution is 6.13. The lowest BCUT2D eigenvalue weighted by Gasteiger charge is -2.33. The maximum atomic E-state index is 2.66. The Hall–Kier alpha value is -7.42. The molecule has 11 aromatic rings. The average molecular weight is 1060 g/mol. The fourth-order valence-electron chi connectivity index (χ4n) is 14.2. The van der Waals surface area contributed by atoms with Crippen molar-refractivity contribution < 1.29 is 0 Å². The minimum absolute atomic E-state index is 0.0231. The number of aryl methyl sites for hydroxylation is 1. The number of nitrogens with zero attached hydrogens (tertiary/aromatic N) is 2. The summed E-state index contributed by atoms with van der Waals surface area (Å²) in [4.78, 5) is 0. The molecule has 0 atom stereocenters. The minimum atomic E-state index is -0.0231. The second kappa shape index (κ2) is 25.2. The first kappa shape index (κ1) is 54.2. The third-order valence-electron chi connectivity index (χ3n) is 18.5. The van der Waals surface area contributed by atoms with Crippen LogP contribution in [0.1, 0.15) is 160 Å². The van der Waals surface area contributed by atoms with Crippen LogP contribution in [0.3, 0.4) is 0 Å². The van der Waals surface area contributed by atoms with Gasteiger partial charge in [0.05, 0.1) is 11.0 Å². The van der Waals surface area contributed by atoms with Gasteiger partial charge in [-0.2, -0.15) is 0 Å². The molecule has 2 nitrogen and oxygen atoms in total. The number of hydrogen-bond donors (Lipinski definition) is 0. The summed E-state index contributed by atoms with van der Waals surface area (Å²) in [6.45, 7) is 8.02. The molecule has 0 N–H and O–H groups in total. The molecule has 9 aromatic carbocycles. The summed E-state index contributed by atoms with van der Waals surface area (Å²) < 4.78 is 5.09. The van der Waals surface area contributed by atoms with Crippen molar-refractivity contribution in [2.75, 3.05) is 0 Å². The van der Waals surface area contributed by atoms with Gasteiger partial charge < -0.3 is 9.13 Å². The lowest BCUT2D eigenvalue weighted by Crippen LogP contribution is -2.25. The second-order valence-corrected chi connectivity index (χ2v) is 23.9. The predicted octanol–water partition coefficient (Wildman–Crippen LogP) is 23.7. The van der Waals surface area contributed by atoms with Crippen LogP contribution in [0.2, 0.25) is 0 Å². The van der Waals surface area contributed by atoms with Gasteiger partial charge in [0.2, 0.25) is 0 Å². The molecule has 0 saturated carbocycles. The van der Waals surface area contributed by atoms with Gasteiger partial charge in [0.25, 0.3) is 0 Å². The molecule has 2 heteroatoms. The summed E-state index contributed by atoms with van der Waals surface area (Å²) in [5, 5.41) is 5.24. The van der Waals surface area contributed by atoms with E-state index in [2.05, 4.69) is 230 Å². The second-order valence-electron chi connectivity index (χ2n) is 23.9. The van der Waals surface area contributed by atoms with E-state index < -0.39 is 0 Å². The van der Waals surface area contributed by atoms with Gasteiger partial charge in [-0.25, -0.2) is 0 Å². The molecule has 0 unspecified atom stereocenters. The molecule has 81 heavy (non-hydrogen) atoms. The molecule has 1 aliphatic carbocycles. The molecule has 0 radical (unpaired) electrons. The molecule has 0 fully saturated rings. The van der Waals surface area contributed by atoms with E-state index in [0.29, 0.717) is 0 Å². The van der Waals surface area contributed by atoms with Gasteiger partial charge in [0.1, 0.15) is 0 Å². The number of unbranched alkanes of at least 4 members (excludes halogenated alkanes) is 15. The molecule has 12 rings (SSSR count). The van der Waals surface area contributed by atoms with Crippen molar-refractivity contribution in [1.29, 1.82) is 0 Å². The van der Waals surface area contributed by atoms with E-state index in [4.69, 9.17) is 0 Å². The SMILES string of the molecule is CCCCCCCCn1c2ccc(-c3ccc4c(c3)C(CCCCCCCC)(CCCCCCCC)c3cc(-c5ccccc5)ccc3-4)cc2c2cc(-c3ccc4c(c3)c3cc(-c5ccccc5)ccc3n4-c3ccccc3)ccc21. The van der Waals surface area contributed by atoms with Crippen molar-refractivity contribution >= 4 is 43.6 Å². The van der Waals surface area contributed by atoms with E-state index in [1.807, 2.05) is 0 Å². The molecule has 2 aromatic heterocycles. The fraction of sp³-hybridized carbons (Fsp3) is 0.316. The molecule has 2 heterocycles. The predicted molar refractivity (Wildman–Crippen MR) is 351 cm³/mol. The molecule has 410 valence electrons. The first-order chi connectivity index (χ1) is 40.1. The molecular formula is C79H84N2. The van der Waals surface area contributed by atoms with Gasteiger partial charge in [0.15, 0.2) is 0 Å². The van der Waals surface area contributed by atoms with Gasteiger partial charge >= 0.3 is 0 Å². The Labute approximate surface area is 483 Å². The van der Waals surface area contributed by atoms with Crippen molar-refractivity contribution in [2.45, 2.75) is 161 Å². The molecule has 0 amide bonds. The summed E-state index contributed by atoms with van der Waals surface area (Å²) in [5.41, 5.74) is 22.6. The summed E-state index contributed by atoms with van der Waals surface area (Å²) >= 11 is 0. The maximum Gasteiger partial charge on any atom is 0.0541 e. The normalized spacial score (nSPS) is 12.8. The molecule has 1 aliphatic rings. The highest BCUT2D eigenvalue weighted by atomic mass is 15.0. The van der Waals surface area contributed by atoms with Crippen LogP contribution in [0, 0.1) is 0 Å². The largest absolute Gasteiger partial charge is 0.340 e. The van der Waals surface area contributed by atoms with Crippen molar-refractivity contribution in [3.63, 3.8) is 0 Å². The maximum absolute atomic E-state index is 2.66. The van der Waals surface area contributed by atoms with Gasteiger partial charge in [-0.1, -0.05) is 257 Å². The summed E-state index contributed by atoms with van der Waals surface area (Å²) in [6.07, 6.45) is 25.9. The van der Waals surface area contributed by atoms with Crippen LogP contribution in [0.15, 0.2) is 200 Å². The van der Waals surface area contributed by atoms with Crippen LogP contribution in [0.4, 0.5) is 0 Å². The number of hydrogen-bond acceptors (Lipinski definition) is 0. The van der Waals surface area contributed by atoms with E-state index in [1.54, 1.807) is 11.1 Å². The zero-order valence-corrected chi connectivity index (χ0v) is 48.8. The summed E-state index contributed by atoms with van der Waals surface area (Å²) in [7, 11) is 0. The van der Waals surface area contributed by atoms with E-state index in [9.17, 15) is 0 Å². The lowest BCUT2D eigenvalue weighted by atomic mass is 9.70. The lowest BCUT2D eigenvalue weighted by molar-refractivity contribution is 0.398. The van der Waals surface area contributed by atoms with Crippen LogP contribution in [0.5, 0.6) is 0 Å². The standard InChI is InChI=1S/C79H84N2/c1-4-7-10-13-16-28-49-79(50-29-17-14-11-8-5-2)73-56-64(59-33-24-20-25-34-59)37-43-67(73)68-44-38-65(57-74(68)79)63-40-46-76-70(54-63)69-53-61(39-45-75(69)80(76)51-30-18-15-12-9-6-3)62-42-48-78-72(55-62)71-52-60(58-31-22-19-23-32-58)41-47-77(71)81(78)66-35-26-21-27-36-66/h19-27,31-48,52-57H,4-18,28-30,49-51H2,1-3H3. The van der Waals surface area contributed by atoms with Crippen molar-refractivity contribution in [2.24, 2.45) is 0 Å². The van der Waals surface area contributed by atoms with Crippen LogP contribution in [-0.2, 0) is 12.0 Å². The van der Waals surface area contributed by atoms with Crippen molar-refractivity contribution in [1.82, 2.24) is 9.13 Å². The number of para-hydroxylation sites is 1. The third-order valence-corrected chi connectivity index (χ3v) is 18.5. The van der Waals surface area contributed by atoms with Crippen LogP contribution in [-0.4, -0.2) is 9.13 Å². The third kappa shape index (κ3) is 11.1. The first-order valence-electron chi connectivity index (χ1n) is 31.7. The molecule has 0 aliphatic heterocycles. The Morgan fingerprint density at radius 3 is 1.06 bits per heavy atom. The van der Waals surface area contributed by atoms with E-state index >= 15 is 0 Å². The van der Waals surface area contributed by atoms with E-state index in [-0.39, 0.29) is 5.41 Å². The molecule has 0 spiro atoms. The van der Waals surface area contributed by atoms with Gasteiger partial charge in [-0.05, 0) is 159 Å². The van der Waals surface area contributed by atoms with Crippen LogP contribution >= 0.6 is 0 Å². The van der Waals surface area contributed by atoms with Gasteiger partial charge in [0, 0.05) is 50.2 Å². The first-order valence-corrected chi connectivity index (χ1v) is 31.7. The number of fused-ring (bicyclic) bond motifs is 9. The Morgan fingerprint density at radius 2 is 0.617 bits per heavy atom. The quantitative estimate of drug-likeness (QED) is 0.0478. The Bertz CT molecular complexity index is 3870. The van der Waals surface area contributed by atoms with E-state index in [0.717, 1.165) is 6.54 Å². The van der Waals surface area contributed by atoms with Crippen molar-refractivity contribution in [3.05, 3.63) is 211 Å². The van der Waals surface area contributed by atoms with Gasteiger partial charge in [-0.3, -0.25) is 0 Å². The number of benzene rings is 9. The monoisotopic (exact) mass is 1060 g/mol. The highest BCUT2D eigenvalue weighted by Crippen LogP contribution is 2.56. The Morgan fingerprint density at radius 1 is 0.284 bits per heavy atom. The Balaban J connectivity index is 0.972. The topological polar surface area (TPSA) is 9.86 Å². The fourth-order valence-corrected chi connectivity index (χ4v) is 14.2. The zero-order chi connectivity index (χ0) is 55.0.